The molecule has 0 aliphatic rings. The summed E-state index contributed by atoms with van der Waals surface area (Å²) < 4.78 is 23.0. The van der Waals surface area contributed by atoms with Gasteiger partial charge in [0.1, 0.15) is 13.2 Å². The van der Waals surface area contributed by atoms with Crippen molar-refractivity contribution in [1.29, 1.82) is 0 Å². The second-order valence-electron chi connectivity index (χ2n) is 25.5. The molecule has 1 N–H and O–H groups in total. The van der Waals surface area contributed by atoms with E-state index in [9.17, 15) is 19.5 Å². The van der Waals surface area contributed by atoms with Crippen molar-refractivity contribution >= 4 is 17.9 Å². The third kappa shape index (κ3) is 72.5. The quantitative estimate of drug-likeness (QED) is 0.0211. The highest BCUT2D eigenvalue weighted by Gasteiger charge is 2.25. The fraction of sp³-hybridized carbons (Fsp3) is 0.671. The van der Waals surface area contributed by atoms with E-state index >= 15 is 0 Å². The molecular formula is C82H138NO8+. The Balaban J connectivity index is 4.06. The third-order valence-electron chi connectivity index (χ3n) is 15.6. The SMILES string of the molecule is CC/C=C\C/C=C\C/C=C\C/C=C\C/C=C\C/C=C\CCCCCCCCCCCCCCCCCCCCCCCCC(=O)OC(COC(=O)CCCCCCCC/C=C\C/C=C\C/C=C\C/C=C\C/C=C\C/C=C\CC)COC(OCC[N+](C)(C)C)C(=O)O. The van der Waals surface area contributed by atoms with Crippen LogP contribution in [0, 0.1) is 0 Å². The topological polar surface area (TPSA) is 108 Å². The third-order valence-corrected chi connectivity index (χ3v) is 15.6. The number of unbranched alkanes of at least 4 members (excludes halogenated alkanes) is 28. The van der Waals surface area contributed by atoms with Crippen molar-refractivity contribution in [2.45, 2.75) is 309 Å². The number of rotatable bonds is 67. The lowest BCUT2D eigenvalue weighted by atomic mass is 10.0. The van der Waals surface area contributed by atoms with Crippen molar-refractivity contribution in [2.75, 3.05) is 47.5 Å². The number of likely N-dealkylation sites (N-methyl/N-ethyl adjacent to an activating group) is 1. The first-order chi connectivity index (χ1) is 44.6. The number of carboxylic acids is 1. The van der Waals surface area contributed by atoms with Gasteiger partial charge in [0.15, 0.2) is 6.10 Å². The van der Waals surface area contributed by atoms with Gasteiger partial charge in [-0.05, 0) is 116 Å². The van der Waals surface area contributed by atoms with Crippen molar-refractivity contribution in [3.63, 3.8) is 0 Å². The fourth-order valence-corrected chi connectivity index (χ4v) is 10.0. The number of hydrogen-bond acceptors (Lipinski definition) is 7. The second kappa shape index (κ2) is 71.0. The zero-order valence-electron chi connectivity index (χ0n) is 59.2. The first-order valence-corrected chi connectivity index (χ1v) is 37.0. The number of carbonyl (C=O) groups is 3. The molecule has 0 spiro atoms. The molecule has 0 bridgehead atoms. The lowest BCUT2D eigenvalue weighted by Gasteiger charge is -2.25. The molecule has 91 heavy (non-hydrogen) atoms. The Bertz CT molecular complexity index is 2010. The maximum Gasteiger partial charge on any atom is 0.361 e. The Hall–Kier alpha value is -4.83. The first-order valence-electron chi connectivity index (χ1n) is 37.0. The zero-order chi connectivity index (χ0) is 66.1. The summed E-state index contributed by atoms with van der Waals surface area (Å²) in [4.78, 5) is 37.7. The summed E-state index contributed by atoms with van der Waals surface area (Å²) in [5.74, 6) is -2.02. The van der Waals surface area contributed by atoms with Gasteiger partial charge in [0.2, 0.25) is 0 Å². The highest BCUT2D eigenvalue weighted by Crippen LogP contribution is 2.17. The summed E-state index contributed by atoms with van der Waals surface area (Å²) in [6.07, 6.45) is 101. The molecule has 0 rings (SSSR count). The number of hydrogen-bond donors (Lipinski definition) is 1. The van der Waals surface area contributed by atoms with Crippen LogP contribution in [0.15, 0.2) is 146 Å². The van der Waals surface area contributed by atoms with E-state index in [0.29, 0.717) is 17.4 Å². The van der Waals surface area contributed by atoms with Gasteiger partial charge in [0.25, 0.3) is 6.29 Å². The van der Waals surface area contributed by atoms with Crippen molar-refractivity contribution in [2.24, 2.45) is 0 Å². The Morgan fingerprint density at radius 1 is 0.330 bits per heavy atom. The van der Waals surface area contributed by atoms with Crippen molar-refractivity contribution in [1.82, 2.24) is 0 Å². The predicted molar refractivity (Wildman–Crippen MR) is 391 cm³/mol. The Labute approximate surface area is 560 Å². The van der Waals surface area contributed by atoms with Gasteiger partial charge in [-0.25, -0.2) is 4.79 Å². The van der Waals surface area contributed by atoms with Gasteiger partial charge in [-0.1, -0.05) is 314 Å². The molecular weight excluding hydrogens is 1130 g/mol. The number of aliphatic carboxylic acids is 1. The van der Waals surface area contributed by atoms with Crippen molar-refractivity contribution in [3.05, 3.63) is 146 Å². The smallest absolute Gasteiger partial charge is 0.361 e. The highest BCUT2D eigenvalue weighted by molar-refractivity contribution is 5.71. The van der Waals surface area contributed by atoms with Gasteiger partial charge in [-0.15, -0.1) is 0 Å². The molecule has 0 aliphatic heterocycles. The number of ether oxygens (including phenoxy) is 4. The second-order valence-corrected chi connectivity index (χ2v) is 25.5. The summed E-state index contributed by atoms with van der Waals surface area (Å²) >= 11 is 0. The monoisotopic (exact) mass is 1270 g/mol. The van der Waals surface area contributed by atoms with Crippen LogP contribution in [0.1, 0.15) is 296 Å². The molecule has 9 nitrogen and oxygen atoms in total. The van der Waals surface area contributed by atoms with Gasteiger partial charge >= 0.3 is 17.9 Å². The summed E-state index contributed by atoms with van der Waals surface area (Å²) in [6, 6.07) is 0. The maximum atomic E-state index is 13.0. The van der Waals surface area contributed by atoms with Crippen LogP contribution in [0.25, 0.3) is 0 Å². The maximum absolute atomic E-state index is 13.0. The fourth-order valence-electron chi connectivity index (χ4n) is 10.0. The highest BCUT2D eigenvalue weighted by atomic mass is 16.7. The van der Waals surface area contributed by atoms with Crippen LogP contribution in [-0.4, -0.2) is 87.4 Å². The van der Waals surface area contributed by atoms with Gasteiger partial charge in [0, 0.05) is 12.8 Å². The van der Waals surface area contributed by atoms with E-state index in [0.717, 1.165) is 135 Å². The average molecular weight is 1270 g/mol. The van der Waals surface area contributed by atoms with E-state index in [-0.39, 0.29) is 38.6 Å². The molecule has 0 aromatic rings. The van der Waals surface area contributed by atoms with Crippen LogP contribution >= 0.6 is 0 Å². The van der Waals surface area contributed by atoms with E-state index in [1.54, 1.807) is 0 Å². The van der Waals surface area contributed by atoms with E-state index < -0.39 is 24.3 Å². The van der Waals surface area contributed by atoms with Crippen molar-refractivity contribution in [3.8, 4) is 0 Å². The number of esters is 2. The molecule has 0 aromatic carbocycles. The van der Waals surface area contributed by atoms with Gasteiger partial charge < -0.3 is 28.5 Å². The molecule has 2 unspecified atom stereocenters. The molecule has 0 aromatic heterocycles. The molecule has 0 heterocycles. The summed E-state index contributed by atoms with van der Waals surface area (Å²) in [5, 5.41) is 9.76. The lowest BCUT2D eigenvalue weighted by Crippen LogP contribution is -2.40. The van der Waals surface area contributed by atoms with Crippen LogP contribution in [0.2, 0.25) is 0 Å². The minimum absolute atomic E-state index is 0.180. The van der Waals surface area contributed by atoms with Crippen molar-refractivity contribution < 1.29 is 42.9 Å². The number of carbonyl (C=O) groups excluding carboxylic acids is 2. The normalized spacial score (nSPS) is 13.5. The average Bonchev–Trinajstić information content (AvgIpc) is 3.53. The van der Waals surface area contributed by atoms with Crippen LogP contribution < -0.4 is 0 Å². The predicted octanol–water partition coefficient (Wildman–Crippen LogP) is 23.5. The molecule has 0 aliphatic carbocycles. The molecule has 0 amide bonds. The van der Waals surface area contributed by atoms with Crippen LogP contribution in [0.3, 0.4) is 0 Å². The molecule has 0 fully saturated rings. The van der Waals surface area contributed by atoms with E-state index in [2.05, 4.69) is 160 Å². The number of allylic oxidation sites excluding steroid dienone is 24. The van der Waals surface area contributed by atoms with Gasteiger partial charge in [0.05, 0.1) is 34.4 Å². The largest absolute Gasteiger partial charge is 0.477 e. The van der Waals surface area contributed by atoms with E-state index in [4.69, 9.17) is 18.9 Å². The Morgan fingerprint density at radius 2 is 0.593 bits per heavy atom. The molecule has 518 valence electrons. The van der Waals surface area contributed by atoms with E-state index in [1.807, 2.05) is 21.1 Å². The minimum Gasteiger partial charge on any atom is -0.477 e. The summed E-state index contributed by atoms with van der Waals surface area (Å²) in [7, 11) is 5.97. The summed E-state index contributed by atoms with van der Waals surface area (Å²) in [5.41, 5.74) is 0. The number of carboxylic acid groups (broad SMARTS) is 1. The molecule has 9 heteroatoms. The van der Waals surface area contributed by atoms with Crippen LogP contribution in [0.4, 0.5) is 0 Å². The standard InChI is InChI=1S/C82H137NO8/c1-6-8-10-12-14-16-18-20-22-24-26-28-30-32-33-34-35-36-37-38-39-40-41-42-43-44-45-46-47-49-51-53-55-57-59-61-63-65-67-69-71-73-80(85)91-78(77-90-82(81(86)87)88-75-74-83(3,4)5)76-89-79(84)72-70-68-66-64-62-60-58-56-54-52-50-48-31-29-27-25-23-21-19-17-15-13-11-9-7-2/h8-11,14-17,20-23,26-29,32-33,35-36,48,50,54,56,78,82H,6-7,12-13,18-19,24-25,30-31,34,37-47,49,51-53,55,57-77H2,1-5H3/p+1/b10-8-,11-9-,16-14-,17-15-,22-20-,23-21-,28-26-,29-27-,33-32-,36-35-,50-48-,56-54-. The first kappa shape index (κ1) is 86.2. The Kier molecular flexibility index (Phi) is 67.3. The number of quaternary nitrogens is 1. The molecule has 2 atom stereocenters. The summed E-state index contributed by atoms with van der Waals surface area (Å²) in [6.45, 7) is 4.64. The van der Waals surface area contributed by atoms with Gasteiger partial charge in [-0.3, -0.25) is 9.59 Å². The lowest BCUT2D eigenvalue weighted by molar-refractivity contribution is -0.870. The van der Waals surface area contributed by atoms with Crippen LogP contribution in [-0.2, 0) is 33.3 Å². The Morgan fingerprint density at radius 3 is 0.879 bits per heavy atom. The van der Waals surface area contributed by atoms with Gasteiger partial charge in [-0.2, -0.15) is 0 Å². The molecule has 0 saturated heterocycles. The molecule has 0 radical (unpaired) electrons. The number of nitrogens with zero attached hydrogens (tertiary/aromatic N) is 1. The van der Waals surface area contributed by atoms with E-state index in [1.165, 1.54) is 128 Å². The molecule has 0 saturated carbocycles. The zero-order valence-corrected chi connectivity index (χ0v) is 59.2. The minimum atomic E-state index is -1.52. The van der Waals surface area contributed by atoms with Crippen LogP contribution in [0.5, 0.6) is 0 Å².